The molecule has 0 bridgehead atoms. The van der Waals surface area contributed by atoms with Crippen LogP contribution >= 0.6 is 22.7 Å². The van der Waals surface area contributed by atoms with Gasteiger partial charge in [0.1, 0.15) is 0 Å². The SMILES string of the molecule is CCNC(C=C(C)C)c1cc2sccc2s1. The van der Waals surface area contributed by atoms with E-state index < -0.39 is 0 Å². The van der Waals surface area contributed by atoms with Gasteiger partial charge in [0.05, 0.1) is 6.04 Å². The number of likely N-dealkylation sites (N-methyl/N-ethyl adjacent to an activating group) is 1. The van der Waals surface area contributed by atoms with Gasteiger partial charge in [-0.2, -0.15) is 0 Å². The van der Waals surface area contributed by atoms with Crippen LogP contribution in [0.5, 0.6) is 0 Å². The molecule has 1 N–H and O–H groups in total. The minimum absolute atomic E-state index is 0.375. The van der Waals surface area contributed by atoms with Crippen molar-refractivity contribution in [1.29, 1.82) is 0 Å². The zero-order valence-corrected chi connectivity index (χ0v) is 11.5. The van der Waals surface area contributed by atoms with Crippen molar-refractivity contribution in [3.05, 3.63) is 34.0 Å². The third-order valence-electron chi connectivity index (χ3n) is 2.39. The minimum atomic E-state index is 0.375. The Morgan fingerprint density at radius 1 is 1.44 bits per heavy atom. The summed E-state index contributed by atoms with van der Waals surface area (Å²) in [6.07, 6.45) is 2.30. The Balaban J connectivity index is 2.32. The number of fused-ring (bicyclic) bond motifs is 1. The predicted octanol–water partition coefficient (Wildman–Crippen LogP) is 4.58. The topological polar surface area (TPSA) is 12.0 Å². The zero-order valence-electron chi connectivity index (χ0n) is 9.91. The summed E-state index contributed by atoms with van der Waals surface area (Å²) in [4.78, 5) is 1.42. The van der Waals surface area contributed by atoms with Gasteiger partial charge in [-0.1, -0.05) is 18.6 Å². The van der Waals surface area contributed by atoms with Crippen molar-refractivity contribution in [3.63, 3.8) is 0 Å². The molecule has 16 heavy (non-hydrogen) atoms. The molecule has 0 aliphatic heterocycles. The number of thiophene rings is 2. The van der Waals surface area contributed by atoms with Gasteiger partial charge < -0.3 is 5.32 Å². The van der Waals surface area contributed by atoms with E-state index in [0.717, 1.165) is 6.54 Å². The number of allylic oxidation sites excluding steroid dienone is 1. The smallest absolute Gasteiger partial charge is 0.0603 e. The summed E-state index contributed by atoms with van der Waals surface area (Å²) >= 11 is 3.72. The van der Waals surface area contributed by atoms with Crippen molar-refractivity contribution in [3.8, 4) is 0 Å². The number of nitrogens with one attached hydrogen (secondary N) is 1. The molecular formula is C13H17NS2. The molecule has 0 aliphatic rings. The molecule has 1 unspecified atom stereocenters. The number of hydrogen-bond donors (Lipinski definition) is 1. The van der Waals surface area contributed by atoms with Gasteiger partial charge in [0, 0.05) is 14.3 Å². The summed E-state index contributed by atoms with van der Waals surface area (Å²) in [5.74, 6) is 0. The first-order valence-corrected chi connectivity index (χ1v) is 7.25. The number of rotatable bonds is 4. The van der Waals surface area contributed by atoms with Crippen molar-refractivity contribution in [2.24, 2.45) is 0 Å². The fourth-order valence-corrected chi connectivity index (χ4v) is 3.90. The first-order valence-electron chi connectivity index (χ1n) is 5.56. The van der Waals surface area contributed by atoms with Gasteiger partial charge in [-0.25, -0.2) is 0 Å². The van der Waals surface area contributed by atoms with Gasteiger partial charge >= 0.3 is 0 Å². The van der Waals surface area contributed by atoms with E-state index in [1.807, 2.05) is 22.7 Å². The first kappa shape index (κ1) is 11.8. The van der Waals surface area contributed by atoms with Crippen LogP contribution in [0.4, 0.5) is 0 Å². The fraction of sp³-hybridized carbons (Fsp3) is 0.385. The highest BCUT2D eigenvalue weighted by Crippen LogP contribution is 2.34. The summed E-state index contributed by atoms with van der Waals surface area (Å²) in [5.41, 5.74) is 1.36. The minimum Gasteiger partial charge on any atom is -0.306 e. The van der Waals surface area contributed by atoms with Crippen molar-refractivity contribution in [2.45, 2.75) is 26.8 Å². The summed E-state index contributed by atoms with van der Waals surface area (Å²) in [6.45, 7) is 7.46. The molecule has 1 atom stereocenters. The van der Waals surface area contributed by atoms with E-state index in [9.17, 15) is 0 Å². The Hall–Kier alpha value is -0.640. The van der Waals surface area contributed by atoms with Crippen LogP contribution in [-0.2, 0) is 0 Å². The van der Waals surface area contributed by atoms with Crippen molar-refractivity contribution >= 4 is 32.1 Å². The molecule has 0 saturated carbocycles. The molecule has 3 heteroatoms. The maximum atomic E-state index is 3.52. The van der Waals surface area contributed by atoms with E-state index >= 15 is 0 Å². The molecule has 0 aromatic carbocycles. The lowest BCUT2D eigenvalue weighted by Gasteiger charge is -2.12. The highest BCUT2D eigenvalue weighted by molar-refractivity contribution is 7.26. The van der Waals surface area contributed by atoms with Crippen LogP contribution in [0.2, 0.25) is 0 Å². The summed E-state index contributed by atoms with van der Waals surface area (Å²) in [7, 11) is 0. The molecule has 0 fully saturated rings. The lowest BCUT2D eigenvalue weighted by molar-refractivity contribution is 0.654. The maximum Gasteiger partial charge on any atom is 0.0603 e. The predicted molar refractivity (Wildman–Crippen MR) is 75.6 cm³/mol. The van der Waals surface area contributed by atoms with Crippen molar-refractivity contribution in [2.75, 3.05) is 6.54 Å². The normalized spacial score (nSPS) is 12.9. The van der Waals surface area contributed by atoms with E-state index in [1.165, 1.54) is 19.9 Å². The molecule has 0 saturated heterocycles. The Labute approximate surface area is 105 Å². The van der Waals surface area contributed by atoms with Gasteiger partial charge in [0.15, 0.2) is 0 Å². The van der Waals surface area contributed by atoms with Crippen LogP contribution in [0.3, 0.4) is 0 Å². The highest BCUT2D eigenvalue weighted by Gasteiger charge is 2.11. The molecular weight excluding hydrogens is 234 g/mol. The Bertz CT molecular complexity index is 460. The lowest BCUT2D eigenvalue weighted by atomic mass is 10.1. The molecule has 0 amide bonds. The van der Waals surface area contributed by atoms with Crippen LogP contribution in [0.15, 0.2) is 29.2 Å². The molecule has 86 valence electrons. The van der Waals surface area contributed by atoms with Gasteiger partial charge in [0.2, 0.25) is 0 Å². The van der Waals surface area contributed by atoms with E-state index in [2.05, 4.69) is 49.7 Å². The van der Waals surface area contributed by atoms with E-state index in [-0.39, 0.29) is 0 Å². The van der Waals surface area contributed by atoms with Crippen LogP contribution < -0.4 is 5.32 Å². The largest absolute Gasteiger partial charge is 0.306 e. The quantitative estimate of drug-likeness (QED) is 0.784. The molecule has 0 aliphatic carbocycles. The van der Waals surface area contributed by atoms with Crippen molar-refractivity contribution in [1.82, 2.24) is 5.32 Å². The van der Waals surface area contributed by atoms with Gasteiger partial charge in [-0.15, -0.1) is 22.7 Å². The second-order valence-corrected chi connectivity index (χ2v) is 6.14. The standard InChI is InChI=1S/C13H17NS2/c1-4-14-10(7-9(2)3)12-8-13-11(16-12)5-6-15-13/h5-8,10,14H,4H2,1-3H3. The maximum absolute atomic E-state index is 3.52. The monoisotopic (exact) mass is 251 g/mol. The van der Waals surface area contributed by atoms with E-state index in [4.69, 9.17) is 0 Å². The molecule has 0 spiro atoms. The van der Waals surface area contributed by atoms with E-state index in [1.54, 1.807) is 0 Å². The average molecular weight is 251 g/mol. The molecule has 2 aromatic heterocycles. The third-order valence-corrected chi connectivity index (χ3v) is 4.57. The van der Waals surface area contributed by atoms with Crippen LogP contribution in [-0.4, -0.2) is 6.54 Å². The molecule has 0 radical (unpaired) electrons. The second-order valence-electron chi connectivity index (χ2n) is 4.08. The summed E-state index contributed by atoms with van der Waals surface area (Å²) < 4.78 is 2.81. The number of hydrogen-bond acceptors (Lipinski definition) is 3. The lowest BCUT2D eigenvalue weighted by Crippen LogP contribution is -2.18. The van der Waals surface area contributed by atoms with Gasteiger partial charge in [-0.05, 0) is 37.9 Å². The van der Waals surface area contributed by atoms with E-state index in [0.29, 0.717) is 6.04 Å². The van der Waals surface area contributed by atoms with Crippen LogP contribution in [0.1, 0.15) is 31.7 Å². The third kappa shape index (κ3) is 2.54. The molecule has 2 rings (SSSR count). The Kier molecular flexibility index (Phi) is 3.79. The Morgan fingerprint density at radius 3 is 2.88 bits per heavy atom. The van der Waals surface area contributed by atoms with Gasteiger partial charge in [0.25, 0.3) is 0 Å². The fourth-order valence-electron chi connectivity index (χ4n) is 1.73. The average Bonchev–Trinajstić information content (AvgIpc) is 2.74. The summed E-state index contributed by atoms with van der Waals surface area (Å²) in [6, 6.07) is 4.90. The highest BCUT2D eigenvalue weighted by atomic mass is 32.1. The van der Waals surface area contributed by atoms with Crippen molar-refractivity contribution < 1.29 is 0 Å². The zero-order chi connectivity index (χ0) is 11.5. The van der Waals surface area contributed by atoms with Crippen LogP contribution in [0.25, 0.3) is 9.40 Å². The van der Waals surface area contributed by atoms with Gasteiger partial charge in [-0.3, -0.25) is 0 Å². The summed E-state index contributed by atoms with van der Waals surface area (Å²) in [5, 5.41) is 5.68. The molecule has 1 nitrogen and oxygen atoms in total. The Morgan fingerprint density at radius 2 is 2.25 bits per heavy atom. The first-order chi connectivity index (χ1) is 7.70. The molecule has 2 aromatic rings. The second kappa shape index (κ2) is 5.13. The molecule has 2 heterocycles. The van der Waals surface area contributed by atoms with Crippen LogP contribution in [0, 0.1) is 0 Å².